The van der Waals surface area contributed by atoms with Gasteiger partial charge in [0.15, 0.2) is 0 Å². The second kappa shape index (κ2) is 3.25. The number of fused-ring (bicyclic) bond motifs is 1. The molecule has 2 aromatic rings. The summed E-state index contributed by atoms with van der Waals surface area (Å²) in [4.78, 5) is 3.23. The van der Waals surface area contributed by atoms with Gasteiger partial charge in [-0.05, 0) is 37.5 Å². The first-order chi connectivity index (χ1) is 7.63. The lowest BCUT2D eigenvalue weighted by molar-refractivity contribution is 0.151. The standard InChI is InChI=1S/C13H14ClNO/c1-8(16)13(4-5-13)11-7-15-12-6-9(14)2-3-10(11)12/h2-3,6-8,15-16H,4-5H2,1H3. The quantitative estimate of drug-likeness (QED) is 0.824. The number of aliphatic hydroxyl groups is 1. The van der Waals surface area contributed by atoms with Crippen molar-refractivity contribution in [1.29, 1.82) is 0 Å². The summed E-state index contributed by atoms with van der Waals surface area (Å²) in [5.74, 6) is 0. The van der Waals surface area contributed by atoms with Gasteiger partial charge in [0.1, 0.15) is 0 Å². The van der Waals surface area contributed by atoms with Gasteiger partial charge in [0.05, 0.1) is 6.10 Å². The zero-order chi connectivity index (χ0) is 11.3. The number of rotatable bonds is 2. The second-order valence-corrected chi connectivity index (χ2v) is 5.16. The van der Waals surface area contributed by atoms with Crippen molar-refractivity contribution >= 4 is 22.5 Å². The normalized spacial score (nSPS) is 19.9. The lowest BCUT2D eigenvalue weighted by atomic mass is 9.90. The van der Waals surface area contributed by atoms with Crippen LogP contribution in [0.3, 0.4) is 0 Å². The predicted octanol–water partition coefficient (Wildman–Crippen LogP) is 3.23. The van der Waals surface area contributed by atoms with Crippen LogP contribution in [-0.2, 0) is 5.41 Å². The number of nitrogens with one attached hydrogen (secondary N) is 1. The zero-order valence-corrected chi connectivity index (χ0v) is 9.88. The fourth-order valence-corrected chi connectivity index (χ4v) is 2.73. The second-order valence-electron chi connectivity index (χ2n) is 4.72. The van der Waals surface area contributed by atoms with Crippen LogP contribution in [0.15, 0.2) is 24.4 Å². The van der Waals surface area contributed by atoms with Gasteiger partial charge in [0.2, 0.25) is 0 Å². The minimum Gasteiger partial charge on any atom is -0.392 e. The van der Waals surface area contributed by atoms with E-state index in [0.717, 1.165) is 23.4 Å². The third-order valence-corrected chi connectivity index (χ3v) is 4.00. The molecule has 1 fully saturated rings. The van der Waals surface area contributed by atoms with Crippen molar-refractivity contribution in [3.8, 4) is 0 Å². The third kappa shape index (κ3) is 1.30. The maximum absolute atomic E-state index is 9.89. The highest BCUT2D eigenvalue weighted by Crippen LogP contribution is 2.52. The smallest absolute Gasteiger partial charge is 0.0609 e. The van der Waals surface area contributed by atoms with Crippen molar-refractivity contribution in [1.82, 2.24) is 4.98 Å². The summed E-state index contributed by atoms with van der Waals surface area (Å²) < 4.78 is 0. The number of halogens is 1. The lowest BCUT2D eigenvalue weighted by Crippen LogP contribution is -2.22. The van der Waals surface area contributed by atoms with Crippen molar-refractivity contribution < 1.29 is 5.11 Å². The summed E-state index contributed by atoms with van der Waals surface area (Å²) in [6.07, 6.45) is 3.86. The molecule has 1 aromatic carbocycles. The first kappa shape index (κ1) is 10.2. The van der Waals surface area contributed by atoms with Crippen LogP contribution in [0.4, 0.5) is 0 Å². The van der Waals surface area contributed by atoms with Gasteiger partial charge in [0, 0.05) is 27.5 Å². The average molecular weight is 236 g/mol. The number of hydrogen-bond donors (Lipinski definition) is 2. The van der Waals surface area contributed by atoms with E-state index in [1.165, 1.54) is 10.9 Å². The molecule has 3 rings (SSSR count). The van der Waals surface area contributed by atoms with Crippen LogP contribution in [0, 0.1) is 0 Å². The highest BCUT2D eigenvalue weighted by atomic mass is 35.5. The van der Waals surface area contributed by atoms with Crippen LogP contribution >= 0.6 is 11.6 Å². The van der Waals surface area contributed by atoms with Gasteiger partial charge >= 0.3 is 0 Å². The van der Waals surface area contributed by atoms with E-state index in [9.17, 15) is 5.11 Å². The molecule has 0 radical (unpaired) electrons. The molecule has 0 saturated heterocycles. The van der Waals surface area contributed by atoms with Crippen LogP contribution in [0.1, 0.15) is 25.3 Å². The van der Waals surface area contributed by atoms with Crippen molar-refractivity contribution in [2.24, 2.45) is 0 Å². The number of aromatic nitrogens is 1. The third-order valence-electron chi connectivity index (χ3n) is 3.77. The fourth-order valence-electron chi connectivity index (χ4n) is 2.56. The highest BCUT2D eigenvalue weighted by Gasteiger charge is 2.49. The molecule has 2 nitrogen and oxygen atoms in total. The maximum Gasteiger partial charge on any atom is 0.0609 e. The maximum atomic E-state index is 9.89. The molecule has 2 N–H and O–H groups in total. The Morgan fingerprint density at radius 3 is 2.81 bits per heavy atom. The molecule has 16 heavy (non-hydrogen) atoms. The lowest BCUT2D eigenvalue weighted by Gasteiger charge is -2.17. The molecule has 84 valence electrons. The summed E-state index contributed by atoms with van der Waals surface area (Å²) in [5.41, 5.74) is 2.26. The van der Waals surface area contributed by atoms with E-state index in [0.29, 0.717) is 0 Å². The summed E-state index contributed by atoms with van der Waals surface area (Å²) in [6, 6.07) is 5.86. The Kier molecular flexibility index (Phi) is 2.07. The van der Waals surface area contributed by atoms with Crippen LogP contribution in [0.2, 0.25) is 5.02 Å². The average Bonchev–Trinajstić information content (AvgIpc) is 2.94. The molecule has 0 spiro atoms. The Hall–Kier alpha value is -0.990. The number of H-pyrrole nitrogens is 1. The van der Waals surface area contributed by atoms with Gasteiger partial charge in [0.25, 0.3) is 0 Å². The Labute approximate surface area is 99.2 Å². The van der Waals surface area contributed by atoms with E-state index in [1.807, 2.05) is 31.3 Å². The Bertz CT molecular complexity index is 540. The Morgan fingerprint density at radius 1 is 1.44 bits per heavy atom. The first-order valence-corrected chi connectivity index (χ1v) is 5.96. The van der Waals surface area contributed by atoms with Gasteiger partial charge in [-0.2, -0.15) is 0 Å². The van der Waals surface area contributed by atoms with Crippen LogP contribution < -0.4 is 0 Å². The molecule has 0 amide bonds. The van der Waals surface area contributed by atoms with Crippen molar-refractivity contribution in [3.05, 3.63) is 35.0 Å². The monoisotopic (exact) mass is 235 g/mol. The molecule has 1 heterocycles. The number of aliphatic hydroxyl groups excluding tert-OH is 1. The molecule has 0 aliphatic heterocycles. The number of benzene rings is 1. The fraction of sp³-hybridized carbons (Fsp3) is 0.385. The predicted molar refractivity (Wildman–Crippen MR) is 65.9 cm³/mol. The van der Waals surface area contributed by atoms with Crippen molar-refractivity contribution in [2.45, 2.75) is 31.3 Å². The topological polar surface area (TPSA) is 36.0 Å². The summed E-state index contributed by atoms with van der Waals surface area (Å²) in [5, 5.41) is 11.8. The molecule has 1 saturated carbocycles. The minimum absolute atomic E-state index is 0.0217. The Morgan fingerprint density at radius 2 is 2.19 bits per heavy atom. The van der Waals surface area contributed by atoms with E-state index in [2.05, 4.69) is 4.98 Å². The van der Waals surface area contributed by atoms with E-state index in [4.69, 9.17) is 11.6 Å². The molecule has 1 atom stereocenters. The van der Waals surface area contributed by atoms with Crippen molar-refractivity contribution in [3.63, 3.8) is 0 Å². The molecule has 1 aromatic heterocycles. The van der Waals surface area contributed by atoms with E-state index in [1.54, 1.807) is 0 Å². The summed E-state index contributed by atoms with van der Waals surface area (Å²) >= 11 is 5.95. The summed E-state index contributed by atoms with van der Waals surface area (Å²) in [6.45, 7) is 1.88. The van der Waals surface area contributed by atoms with Gasteiger partial charge in [-0.25, -0.2) is 0 Å². The van der Waals surface area contributed by atoms with Crippen LogP contribution in [-0.4, -0.2) is 16.2 Å². The number of hydrogen-bond acceptors (Lipinski definition) is 1. The van der Waals surface area contributed by atoms with Crippen molar-refractivity contribution in [2.75, 3.05) is 0 Å². The minimum atomic E-state index is -0.290. The van der Waals surface area contributed by atoms with Gasteiger partial charge in [-0.1, -0.05) is 17.7 Å². The molecule has 0 bridgehead atoms. The summed E-state index contributed by atoms with van der Waals surface area (Å²) in [7, 11) is 0. The number of aromatic amines is 1. The molecular weight excluding hydrogens is 222 g/mol. The van der Waals surface area contributed by atoms with Gasteiger partial charge in [-0.15, -0.1) is 0 Å². The largest absolute Gasteiger partial charge is 0.392 e. The van der Waals surface area contributed by atoms with Crippen LogP contribution in [0.25, 0.3) is 10.9 Å². The molecule has 1 aliphatic rings. The van der Waals surface area contributed by atoms with Gasteiger partial charge in [-0.3, -0.25) is 0 Å². The first-order valence-electron chi connectivity index (χ1n) is 5.59. The molecular formula is C13H14ClNO. The Balaban J connectivity index is 2.19. The van der Waals surface area contributed by atoms with E-state index >= 15 is 0 Å². The molecule has 3 heteroatoms. The molecule has 1 aliphatic carbocycles. The van der Waals surface area contributed by atoms with E-state index < -0.39 is 0 Å². The molecule has 1 unspecified atom stereocenters. The highest BCUT2D eigenvalue weighted by molar-refractivity contribution is 6.31. The van der Waals surface area contributed by atoms with E-state index in [-0.39, 0.29) is 11.5 Å². The van der Waals surface area contributed by atoms with Gasteiger partial charge < -0.3 is 10.1 Å². The van der Waals surface area contributed by atoms with Crippen LogP contribution in [0.5, 0.6) is 0 Å². The SMILES string of the molecule is CC(O)C1(c2c[nH]c3cc(Cl)ccc23)CC1. The zero-order valence-electron chi connectivity index (χ0n) is 9.13.